The third-order valence-electron chi connectivity index (χ3n) is 5.71. The lowest BCUT2D eigenvalue weighted by atomic mass is 9.85. The van der Waals surface area contributed by atoms with Crippen molar-refractivity contribution >= 4 is 40.9 Å². The second kappa shape index (κ2) is 16.8. The zero-order valence-electron chi connectivity index (χ0n) is 26.7. The predicted octanol–water partition coefficient (Wildman–Crippen LogP) is 1.93. The van der Waals surface area contributed by atoms with E-state index in [1.54, 1.807) is 27.7 Å². The van der Waals surface area contributed by atoms with Crippen LogP contribution in [0.2, 0.25) is 0 Å². The number of Topliss-reactive ketones (excluding diaryl/α,β-unsaturated/α-hetero) is 1. The van der Waals surface area contributed by atoms with E-state index in [9.17, 15) is 24.0 Å². The van der Waals surface area contributed by atoms with Crippen molar-refractivity contribution in [3.05, 3.63) is 18.2 Å². The van der Waals surface area contributed by atoms with Crippen molar-refractivity contribution in [2.24, 2.45) is 5.41 Å². The highest BCUT2D eigenvalue weighted by molar-refractivity contribution is 6.20. The average Bonchev–Trinajstić information content (AvgIpc) is 3.20. The van der Waals surface area contributed by atoms with Crippen LogP contribution in [0.3, 0.4) is 0 Å². The first-order chi connectivity index (χ1) is 22.2. The highest BCUT2D eigenvalue weighted by Crippen LogP contribution is 2.30. The van der Waals surface area contributed by atoms with Crippen LogP contribution in [0.5, 0.6) is 5.75 Å². The largest absolute Gasteiger partial charge is 0.495 e. The van der Waals surface area contributed by atoms with Crippen LogP contribution < -0.4 is 20.7 Å². The Morgan fingerprint density at radius 2 is 1.34 bits per heavy atom. The quantitative estimate of drug-likeness (QED) is 0.252. The molecule has 1 saturated heterocycles. The number of ketones is 1. The molecule has 0 spiro atoms. The molecule has 0 bridgehead atoms. The van der Waals surface area contributed by atoms with Gasteiger partial charge in [0, 0.05) is 17.0 Å². The van der Waals surface area contributed by atoms with Crippen molar-refractivity contribution in [1.29, 1.82) is 0 Å². The Balaban J connectivity index is 2.17. The van der Waals surface area contributed by atoms with E-state index in [0.717, 1.165) is 0 Å². The summed E-state index contributed by atoms with van der Waals surface area (Å²) in [4.78, 5) is 65.6. The summed E-state index contributed by atoms with van der Waals surface area (Å²) in [5.74, 6) is 36.5. The number of imide groups is 1. The standard InChI is InChI=1S/C37H28N4O6/c1-8-9-10-11-12-13-14-15-16-17-18-19-20-21-22-23-30(42)38-27-24-25-29(47-7)28(26-27)39-33(44)31(32(43)36(2,3)4)41-34(45)37(5,6)40-35(41)46/h24-26,31H,1-7H3,(H,38,42)(H,39,44)(H,40,46). The third-order valence-corrected chi connectivity index (χ3v) is 5.71. The number of hydrogen-bond acceptors (Lipinski definition) is 6. The van der Waals surface area contributed by atoms with Gasteiger partial charge in [0.05, 0.1) is 12.8 Å². The Labute approximate surface area is 274 Å². The van der Waals surface area contributed by atoms with Gasteiger partial charge in [-0.05, 0) is 122 Å². The van der Waals surface area contributed by atoms with Crippen LogP contribution >= 0.6 is 0 Å². The SMILES string of the molecule is CC#CC#CC#CC#CC#CC#CC#CC#CC(=O)Nc1ccc(OC)c(NC(=O)C(C(=O)C(C)(C)C)N2C(=O)NC(C)(C)C2=O)c1. The minimum absolute atomic E-state index is 0.0599. The van der Waals surface area contributed by atoms with Crippen LogP contribution in [0.4, 0.5) is 16.2 Å². The third kappa shape index (κ3) is 10.9. The van der Waals surface area contributed by atoms with Gasteiger partial charge in [0.1, 0.15) is 11.3 Å². The molecule has 0 aromatic heterocycles. The van der Waals surface area contributed by atoms with Gasteiger partial charge in [-0.25, -0.2) is 9.69 Å². The van der Waals surface area contributed by atoms with Crippen molar-refractivity contribution in [3.8, 4) is 100 Å². The van der Waals surface area contributed by atoms with E-state index in [2.05, 4.69) is 111 Å². The Bertz CT molecular complexity index is 2030. The second-order valence-corrected chi connectivity index (χ2v) is 10.7. The molecule has 3 N–H and O–H groups in total. The van der Waals surface area contributed by atoms with E-state index in [-0.39, 0.29) is 17.1 Å². The van der Waals surface area contributed by atoms with Crippen molar-refractivity contribution in [3.63, 3.8) is 0 Å². The van der Waals surface area contributed by atoms with E-state index >= 15 is 0 Å². The topological polar surface area (TPSA) is 134 Å². The molecule has 1 heterocycles. The maximum absolute atomic E-state index is 13.5. The first-order valence-corrected chi connectivity index (χ1v) is 13.7. The first-order valence-electron chi connectivity index (χ1n) is 13.7. The van der Waals surface area contributed by atoms with Crippen molar-refractivity contribution < 1.29 is 28.7 Å². The summed E-state index contributed by atoms with van der Waals surface area (Å²) in [6.45, 7) is 9.31. The van der Waals surface area contributed by atoms with Gasteiger partial charge in [0.2, 0.25) is 0 Å². The van der Waals surface area contributed by atoms with Gasteiger partial charge in [-0.15, -0.1) is 0 Å². The monoisotopic (exact) mass is 624 g/mol. The van der Waals surface area contributed by atoms with Gasteiger partial charge in [0.15, 0.2) is 11.8 Å². The Morgan fingerprint density at radius 3 is 1.79 bits per heavy atom. The van der Waals surface area contributed by atoms with Crippen molar-refractivity contribution in [1.82, 2.24) is 10.2 Å². The fourth-order valence-corrected chi connectivity index (χ4v) is 3.54. The zero-order chi connectivity index (χ0) is 35.0. The summed E-state index contributed by atoms with van der Waals surface area (Å²) in [5, 5.41) is 7.57. The summed E-state index contributed by atoms with van der Waals surface area (Å²) in [5.41, 5.74) is -2.12. The van der Waals surface area contributed by atoms with Gasteiger partial charge in [0.25, 0.3) is 11.8 Å². The lowest BCUT2D eigenvalue weighted by molar-refractivity contribution is -0.144. The molecular weight excluding hydrogens is 596 g/mol. The maximum atomic E-state index is 13.5. The lowest BCUT2D eigenvalue weighted by Gasteiger charge is -2.29. The number of ether oxygens (including phenoxy) is 1. The number of carbonyl (C=O) groups is 5. The molecule has 10 nitrogen and oxygen atoms in total. The van der Waals surface area contributed by atoms with Crippen molar-refractivity contribution in [2.45, 2.75) is 53.1 Å². The number of rotatable bonds is 6. The average molecular weight is 625 g/mol. The van der Waals surface area contributed by atoms with E-state index in [1.165, 1.54) is 39.2 Å². The minimum atomic E-state index is -1.77. The van der Waals surface area contributed by atoms with Crippen LogP contribution in [0.1, 0.15) is 41.5 Å². The lowest BCUT2D eigenvalue weighted by Crippen LogP contribution is -2.55. The molecular formula is C37H28N4O6. The number of hydrogen-bond donors (Lipinski definition) is 3. The summed E-state index contributed by atoms with van der Waals surface area (Å²) >= 11 is 0. The number of anilines is 2. The number of nitrogens with one attached hydrogen (secondary N) is 3. The molecule has 10 heteroatoms. The molecule has 1 aliphatic rings. The molecule has 1 aromatic carbocycles. The fraction of sp³-hybridized carbons (Fsp3) is 0.270. The maximum Gasteiger partial charge on any atom is 0.326 e. The number of urea groups is 1. The summed E-state index contributed by atoms with van der Waals surface area (Å²) in [7, 11) is 1.35. The number of carbonyl (C=O) groups excluding carboxylic acids is 5. The molecule has 1 unspecified atom stereocenters. The Morgan fingerprint density at radius 1 is 0.830 bits per heavy atom. The summed E-state index contributed by atoms with van der Waals surface area (Å²) < 4.78 is 5.31. The zero-order valence-corrected chi connectivity index (χ0v) is 26.7. The molecule has 47 heavy (non-hydrogen) atoms. The molecule has 1 atom stereocenters. The van der Waals surface area contributed by atoms with E-state index in [0.29, 0.717) is 4.90 Å². The number of benzene rings is 1. The Kier molecular flexibility index (Phi) is 12.9. The highest BCUT2D eigenvalue weighted by atomic mass is 16.5. The van der Waals surface area contributed by atoms with Gasteiger partial charge in [-0.2, -0.15) is 0 Å². The number of methoxy groups -OCH3 is 1. The van der Waals surface area contributed by atoms with Crippen LogP contribution in [0.15, 0.2) is 18.2 Å². The molecule has 2 rings (SSSR count). The molecule has 1 aromatic rings. The molecule has 1 aliphatic heterocycles. The molecule has 0 radical (unpaired) electrons. The van der Waals surface area contributed by atoms with Gasteiger partial charge in [-0.3, -0.25) is 19.2 Å². The number of nitrogens with zero attached hydrogens (tertiary/aromatic N) is 1. The normalized spacial score (nSPS) is 12.2. The van der Waals surface area contributed by atoms with E-state index < -0.39 is 46.5 Å². The fourth-order valence-electron chi connectivity index (χ4n) is 3.54. The molecule has 0 aliphatic carbocycles. The van der Waals surface area contributed by atoms with Crippen molar-refractivity contribution in [2.75, 3.05) is 17.7 Å². The molecule has 5 amide bonds. The van der Waals surface area contributed by atoms with Gasteiger partial charge in [-0.1, -0.05) is 26.7 Å². The highest BCUT2D eigenvalue weighted by Gasteiger charge is 2.53. The van der Waals surface area contributed by atoms with Crippen LogP contribution in [0, 0.1) is 100 Å². The number of amides is 5. The molecule has 1 fully saturated rings. The summed E-state index contributed by atoms with van der Waals surface area (Å²) in [6.07, 6.45) is 0. The summed E-state index contributed by atoms with van der Waals surface area (Å²) in [6, 6.07) is 1.67. The van der Waals surface area contributed by atoms with E-state index in [1.807, 2.05) is 0 Å². The van der Waals surface area contributed by atoms with Gasteiger partial charge >= 0.3 is 11.9 Å². The molecule has 232 valence electrons. The minimum Gasteiger partial charge on any atom is -0.495 e. The van der Waals surface area contributed by atoms with Gasteiger partial charge < -0.3 is 20.7 Å². The Hall–Kier alpha value is -6.95. The van der Waals surface area contributed by atoms with Crippen LogP contribution in [-0.4, -0.2) is 53.1 Å². The first kappa shape index (κ1) is 36.2. The van der Waals surface area contributed by atoms with Crippen LogP contribution in [0.25, 0.3) is 0 Å². The molecule has 0 saturated carbocycles. The van der Waals surface area contributed by atoms with E-state index in [4.69, 9.17) is 4.74 Å². The predicted molar refractivity (Wildman–Crippen MR) is 176 cm³/mol. The second-order valence-electron chi connectivity index (χ2n) is 10.7. The van der Waals surface area contributed by atoms with Crippen LogP contribution in [-0.2, 0) is 19.2 Å². The smallest absolute Gasteiger partial charge is 0.326 e.